The minimum Gasteiger partial charge on any atom is -0.411 e. The molecule has 2 aliphatic heterocycles. The van der Waals surface area contributed by atoms with E-state index in [1.54, 1.807) is 0 Å². The van der Waals surface area contributed by atoms with E-state index in [-0.39, 0.29) is 19.3 Å². The molecular formula is C9H17B2O4. The quantitative estimate of drug-likeness (QED) is 0.636. The summed E-state index contributed by atoms with van der Waals surface area (Å²) in [4.78, 5) is 0. The first-order chi connectivity index (χ1) is 7.38. The summed E-state index contributed by atoms with van der Waals surface area (Å²) in [5.41, 5.74) is 0. The van der Waals surface area contributed by atoms with Crippen LogP contribution < -0.4 is 0 Å². The van der Waals surface area contributed by atoms with Crippen LogP contribution in [0.5, 0.6) is 0 Å². The first kappa shape index (κ1) is 11.5. The number of hydrogen-bond donors (Lipinski definition) is 0. The molecule has 0 aliphatic carbocycles. The van der Waals surface area contributed by atoms with Gasteiger partial charge in [0.15, 0.2) is 0 Å². The predicted molar refractivity (Wildman–Crippen MR) is 57.5 cm³/mol. The second kappa shape index (κ2) is 5.89. The Kier molecular flexibility index (Phi) is 4.50. The minimum atomic E-state index is 0.0226. The molecule has 0 spiro atoms. The fourth-order valence-corrected chi connectivity index (χ4v) is 1.90. The molecule has 2 atom stereocenters. The van der Waals surface area contributed by atoms with E-state index in [4.69, 9.17) is 18.6 Å². The molecule has 0 aromatic rings. The van der Waals surface area contributed by atoms with Gasteiger partial charge in [0.25, 0.3) is 0 Å². The zero-order valence-corrected chi connectivity index (χ0v) is 9.19. The predicted octanol–water partition coefficient (Wildman–Crippen LogP) is 1.03. The maximum Gasteiger partial charge on any atom is 0.488 e. The van der Waals surface area contributed by atoms with Gasteiger partial charge in [-0.2, -0.15) is 0 Å². The molecule has 4 nitrogen and oxygen atoms in total. The zero-order valence-electron chi connectivity index (χ0n) is 9.19. The first-order valence-corrected chi connectivity index (χ1v) is 5.74. The molecule has 2 saturated heterocycles. The largest absolute Gasteiger partial charge is 0.488 e. The summed E-state index contributed by atoms with van der Waals surface area (Å²) in [5, 5.41) is 0. The Morgan fingerprint density at radius 2 is 2.13 bits per heavy atom. The van der Waals surface area contributed by atoms with Gasteiger partial charge < -0.3 is 18.6 Å². The molecule has 2 aliphatic rings. The van der Waals surface area contributed by atoms with Gasteiger partial charge in [-0.05, 0) is 25.6 Å². The fourth-order valence-electron chi connectivity index (χ4n) is 1.90. The van der Waals surface area contributed by atoms with Crippen LogP contribution in [0, 0.1) is 0 Å². The summed E-state index contributed by atoms with van der Waals surface area (Å²) >= 11 is 0. The highest BCUT2D eigenvalue weighted by Gasteiger charge is 2.29. The minimum absolute atomic E-state index is 0.0226. The van der Waals surface area contributed by atoms with Gasteiger partial charge in [0, 0.05) is 0 Å². The van der Waals surface area contributed by atoms with Crippen molar-refractivity contribution in [1.82, 2.24) is 0 Å². The molecule has 0 saturated carbocycles. The van der Waals surface area contributed by atoms with Crippen LogP contribution in [-0.4, -0.2) is 40.2 Å². The lowest BCUT2D eigenvalue weighted by atomic mass is 9.87. The van der Waals surface area contributed by atoms with E-state index in [9.17, 15) is 0 Å². The van der Waals surface area contributed by atoms with Crippen molar-refractivity contribution < 1.29 is 18.6 Å². The summed E-state index contributed by atoms with van der Waals surface area (Å²) in [7, 11) is 1.46. The van der Waals surface area contributed by atoms with E-state index >= 15 is 0 Å². The molecule has 2 rings (SSSR count). The molecule has 1 radical (unpaired) electrons. The molecular weight excluding hydrogens is 194 g/mol. The Morgan fingerprint density at radius 3 is 2.80 bits per heavy atom. The molecule has 0 bridgehead atoms. The highest BCUT2D eigenvalue weighted by Crippen LogP contribution is 2.18. The Hall–Kier alpha value is -0.0301. The van der Waals surface area contributed by atoms with Crippen LogP contribution in [0.25, 0.3) is 0 Å². The summed E-state index contributed by atoms with van der Waals surface area (Å²) in [6.07, 6.45) is 4.65. The smallest absolute Gasteiger partial charge is 0.411 e. The van der Waals surface area contributed by atoms with Gasteiger partial charge in [-0.15, -0.1) is 0 Å². The second-order valence-electron chi connectivity index (χ2n) is 4.05. The summed E-state index contributed by atoms with van der Waals surface area (Å²) in [6.45, 7) is 3.51. The summed E-state index contributed by atoms with van der Waals surface area (Å²) in [5.74, 6) is 0. The summed E-state index contributed by atoms with van der Waals surface area (Å²) in [6, 6.07) is 0. The third kappa shape index (κ3) is 3.48. The first-order valence-electron chi connectivity index (χ1n) is 5.74. The number of rotatable bonds is 5. The lowest BCUT2D eigenvalue weighted by Crippen LogP contribution is -2.16. The molecule has 2 fully saturated rings. The normalized spacial score (nSPS) is 30.9. The van der Waals surface area contributed by atoms with Crippen LogP contribution in [0.4, 0.5) is 0 Å². The van der Waals surface area contributed by atoms with Gasteiger partial charge in [0.05, 0.1) is 25.4 Å². The SMILES string of the molecule is CCB1OCC(CCCC2CO[B]O2)O1. The van der Waals surface area contributed by atoms with Gasteiger partial charge >= 0.3 is 14.8 Å². The molecule has 0 N–H and O–H groups in total. The van der Waals surface area contributed by atoms with Crippen molar-refractivity contribution in [3.63, 3.8) is 0 Å². The van der Waals surface area contributed by atoms with Crippen LogP contribution in [0.1, 0.15) is 26.2 Å². The Balaban J connectivity index is 1.54. The highest BCUT2D eigenvalue weighted by molar-refractivity contribution is 6.44. The Labute approximate surface area is 92.1 Å². The van der Waals surface area contributed by atoms with Crippen molar-refractivity contribution in [2.24, 2.45) is 0 Å². The Bertz CT molecular complexity index is 187. The van der Waals surface area contributed by atoms with E-state index in [0.717, 1.165) is 32.2 Å². The van der Waals surface area contributed by atoms with Crippen molar-refractivity contribution in [1.29, 1.82) is 0 Å². The van der Waals surface area contributed by atoms with Crippen molar-refractivity contribution in [2.45, 2.75) is 44.7 Å². The fraction of sp³-hybridized carbons (Fsp3) is 1.00. The maximum absolute atomic E-state index is 5.67. The molecule has 2 heterocycles. The molecule has 83 valence electrons. The highest BCUT2D eigenvalue weighted by atomic mass is 16.6. The van der Waals surface area contributed by atoms with E-state index in [1.807, 2.05) is 0 Å². The van der Waals surface area contributed by atoms with E-state index in [2.05, 4.69) is 6.92 Å². The van der Waals surface area contributed by atoms with E-state index < -0.39 is 0 Å². The average molecular weight is 211 g/mol. The molecule has 0 aromatic heterocycles. The second-order valence-corrected chi connectivity index (χ2v) is 4.05. The topological polar surface area (TPSA) is 36.9 Å². The van der Waals surface area contributed by atoms with Gasteiger partial charge in [-0.1, -0.05) is 6.92 Å². The Morgan fingerprint density at radius 1 is 1.27 bits per heavy atom. The monoisotopic (exact) mass is 211 g/mol. The third-order valence-corrected chi connectivity index (χ3v) is 2.80. The van der Waals surface area contributed by atoms with Crippen molar-refractivity contribution in [3.05, 3.63) is 0 Å². The maximum atomic E-state index is 5.67. The average Bonchev–Trinajstić information content (AvgIpc) is 2.88. The van der Waals surface area contributed by atoms with Gasteiger partial charge in [0.1, 0.15) is 0 Å². The van der Waals surface area contributed by atoms with Crippen molar-refractivity contribution in [3.8, 4) is 0 Å². The van der Waals surface area contributed by atoms with Crippen molar-refractivity contribution >= 4 is 14.8 Å². The van der Waals surface area contributed by atoms with Crippen LogP contribution >= 0.6 is 0 Å². The van der Waals surface area contributed by atoms with Crippen molar-refractivity contribution in [2.75, 3.05) is 13.2 Å². The molecule has 6 heteroatoms. The van der Waals surface area contributed by atoms with Crippen LogP contribution in [0.2, 0.25) is 6.32 Å². The lowest BCUT2D eigenvalue weighted by molar-refractivity contribution is 0.188. The molecule has 0 amide bonds. The van der Waals surface area contributed by atoms with Gasteiger partial charge in [0.2, 0.25) is 0 Å². The summed E-state index contributed by atoms with van der Waals surface area (Å²) < 4.78 is 21.4. The standard InChI is InChI=1S/C9H17B2O4/c1-2-11-13-7-9(15-11)5-3-4-8-6-12-10-14-8/h8-9H,2-7H2,1H3. The molecule has 2 unspecified atom stereocenters. The third-order valence-electron chi connectivity index (χ3n) is 2.80. The van der Waals surface area contributed by atoms with E-state index in [1.165, 1.54) is 7.69 Å². The number of hydrogen-bond acceptors (Lipinski definition) is 4. The van der Waals surface area contributed by atoms with Crippen LogP contribution in [-0.2, 0) is 18.6 Å². The van der Waals surface area contributed by atoms with Crippen LogP contribution in [0.15, 0.2) is 0 Å². The zero-order chi connectivity index (χ0) is 10.5. The molecule has 0 aromatic carbocycles. The van der Waals surface area contributed by atoms with Crippen LogP contribution in [0.3, 0.4) is 0 Å². The van der Waals surface area contributed by atoms with Gasteiger partial charge in [-0.3, -0.25) is 0 Å². The molecule has 15 heavy (non-hydrogen) atoms. The van der Waals surface area contributed by atoms with Gasteiger partial charge in [-0.25, -0.2) is 0 Å². The van der Waals surface area contributed by atoms with E-state index in [0.29, 0.717) is 6.61 Å². The lowest BCUT2D eigenvalue weighted by Gasteiger charge is -2.11.